The van der Waals surface area contributed by atoms with Crippen molar-refractivity contribution in [1.29, 1.82) is 0 Å². The van der Waals surface area contributed by atoms with E-state index < -0.39 is 5.54 Å². The van der Waals surface area contributed by atoms with Crippen molar-refractivity contribution in [2.24, 2.45) is 7.05 Å². The molecule has 4 heterocycles. The fraction of sp³-hybridized carbons (Fsp3) is 0.385. The highest BCUT2D eigenvalue weighted by Crippen LogP contribution is 2.39. The summed E-state index contributed by atoms with van der Waals surface area (Å²) in [5, 5.41) is 4.35. The molecule has 176 valence electrons. The van der Waals surface area contributed by atoms with E-state index in [-0.39, 0.29) is 18.5 Å². The number of pyridine rings is 1. The zero-order chi connectivity index (χ0) is 23.7. The number of carbonyl (C=O) groups excluding carboxylic acids is 2. The van der Waals surface area contributed by atoms with Gasteiger partial charge in [-0.05, 0) is 37.5 Å². The molecule has 3 aromatic rings. The normalized spacial score (nSPS) is 18.3. The third-order valence-electron chi connectivity index (χ3n) is 7.27. The maximum Gasteiger partial charge on any atom is 0.328 e. The second-order valence-corrected chi connectivity index (χ2v) is 9.25. The van der Waals surface area contributed by atoms with Crippen LogP contribution in [0.1, 0.15) is 35.4 Å². The number of carbonyl (C=O) groups is 2. The SMILES string of the molecule is Cc1c(CN2CCC3(CC2)C(=O)N(Cc2ccccn2)C(=O)N3Cc2ccccc2)cnn1C. The van der Waals surface area contributed by atoms with E-state index in [2.05, 4.69) is 21.9 Å². The Hall–Kier alpha value is -3.52. The summed E-state index contributed by atoms with van der Waals surface area (Å²) in [5.41, 5.74) is 3.27. The lowest BCUT2D eigenvalue weighted by Crippen LogP contribution is -2.56. The third-order valence-corrected chi connectivity index (χ3v) is 7.27. The zero-order valence-corrected chi connectivity index (χ0v) is 19.7. The maximum absolute atomic E-state index is 13.8. The number of amides is 3. The van der Waals surface area contributed by atoms with Gasteiger partial charge >= 0.3 is 6.03 Å². The summed E-state index contributed by atoms with van der Waals surface area (Å²) in [4.78, 5) is 37.3. The van der Waals surface area contributed by atoms with Gasteiger partial charge < -0.3 is 4.90 Å². The Morgan fingerprint density at radius 3 is 2.32 bits per heavy atom. The van der Waals surface area contributed by atoms with Gasteiger partial charge in [0.25, 0.3) is 5.91 Å². The molecule has 0 saturated carbocycles. The minimum absolute atomic E-state index is 0.101. The largest absolute Gasteiger partial charge is 0.328 e. The van der Waals surface area contributed by atoms with Crippen molar-refractivity contribution in [3.05, 3.63) is 83.4 Å². The van der Waals surface area contributed by atoms with Crippen LogP contribution in [0.4, 0.5) is 4.79 Å². The zero-order valence-electron chi connectivity index (χ0n) is 19.7. The van der Waals surface area contributed by atoms with Crippen molar-refractivity contribution in [3.8, 4) is 0 Å². The van der Waals surface area contributed by atoms with E-state index in [9.17, 15) is 9.59 Å². The molecule has 2 aliphatic heterocycles. The second-order valence-electron chi connectivity index (χ2n) is 9.25. The predicted molar refractivity (Wildman–Crippen MR) is 127 cm³/mol. The van der Waals surface area contributed by atoms with Crippen molar-refractivity contribution < 1.29 is 9.59 Å². The Morgan fingerprint density at radius 2 is 1.68 bits per heavy atom. The Kier molecular flexibility index (Phi) is 5.91. The fourth-order valence-electron chi connectivity index (χ4n) is 5.07. The Morgan fingerprint density at radius 1 is 0.941 bits per heavy atom. The lowest BCUT2D eigenvalue weighted by molar-refractivity contribution is -0.136. The Labute approximate surface area is 199 Å². The van der Waals surface area contributed by atoms with Gasteiger partial charge in [0.2, 0.25) is 0 Å². The molecule has 0 radical (unpaired) electrons. The number of aryl methyl sites for hydroxylation is 1. The molecule has 3 amide bonds. The van der Waals surface area contributed by atoms with E-state index in [1.165, 1.54) is 10.5 Å². The molecule has 2 fully saturated rings. The first kappa shape index (κ1) is 22.3. The van der Waals surface area contributed by atoms with Gasteiger partial charge in [-0.25, -0.2) is 4.79 Å². The van der Waals surface area contributed by atoms with Crippen LogP contribution in [0.3, 0.4) is 0 Å². The van der Waals surface area contributed by atoms with Crippen molar-refractivity contribution in [2.45, 2.75) is 44.9 Å². The van der Waals surface area contributed by atoms with Gasteiger partial charge in [-0.2, -0.15) is 5.10 Å². The summed E-state index contributed by atoms with van der Waals surface area (Å²) < 4.78 is 1.89. The van der Waals surface area contributed by atoms with Gasteiger partial charge in [0.05, 0.1) is 18.4 Å². The van der Waals surface area contributed by atoms with Gasteiger partial charge in [-0.1, -0.05) is 36.4 Å². The molecule has 2 aromatic heterocycles. The van der Waals surface area contributed by atoms with E-state index in [0.717, 1.165) is 30.9 Å². The highest BCUT2D eigenvalue weighted by Gasteiger charge is 2.57. The number of hydrogen-bond acceptors (Lipinski definition) is 5. The number of nitrogens with zero attached hydrogens (tertiary/aromatic N) is 6. The van der Waals surface area contributed by atoms with Gasteiger partial charge in [0.15, 0.2) is 0 Å². The Balaban J connectivity index is 1.39. The van der Waals surface area contributed by atoms with Crippen LogP contribution in [0.2, 0.25) is 0 Å². The van der Waals surface area contributed by atoms with Crippen LogP contribution in [0.5, 0.6) is 0 Å². The van der Waals surface area contributed by atoms with E-state index in [1.807, 2.05) is 66.5 Å². The predicted octanol–water partition coefficient (Wildman–Crippen LogP) is 3.12. The molecule has 1 spiro atoms. The van der Waals surface area contributed by atoms with Gasteiger partial charge in [0, 0.05) is 50.7 Å². The number of aromatic nitrogens is 3. The summed E-state index contributed by atoms with van der Waals surface area (Å²) in [6, 6.07) is 15.2. The lowest BCUT2D eigenvalue weighted by atomic mass is 9.85. The van der Waals surface area contributed by atoms with Crippen LogP contribution >= 0.6 is 0 Å². The Bertz CT molecular complexity index is 1170. The minimum atomic E-state index is -0.817. The van der Waals surface area contributed by atoms with Crippen molar-refractivity contribution in [3.63, 3.8) is 0 Å². The van der Waals surface area contributed by atoms with Gasteiger partial charge in [-0.15, -0.1) is 0 Å². The second kappa shape index (κ2) is 9.02. The highest BCUT2D eigenvalue weighted by atomic mass is 16.2. The number of benzene rings is 1. The number of hydrogen-bond donors (Lipinski definition) is 0. The summed E-state index contributed by atoms with van der Waals surface area (Å²) >= 11 is 0. The molecular formula is C26H30N6O2. The molecule has 34 heavy (non-hydrogen) atoms. The lowest BCUT2D eigenvalue weighted by Gasteiger charge is -2.42. The van der Waals surface area contributed by atoms with Crippen LogP contribution < -0.4 is 0 Å². The van der Waals surface area contributed by atoms with Crippen LogP contribution in [0.25, 0.3) is 0 Å². The van der Waals surface area contributed by atoms with Gasteiger partial charge in [0.1, 0.15) is 5.54 Å². The first-order valence-corrected chi connectivity index (χ1v) is 11.8. The molecule has 0 atom stereocenters. The summed E-state index contributed by atoms with van der Waals surface area (Å²) in [7, 11) is 1.95. The van der Waals surface area contributed by atoms with E-state index in [1.54, 1.807) is 11.1 Å². The molecular weight excluding hydrogens is 428 g/mol. The van der Waals surface area contributed by atoms with Crippen molar-refractivity contribution in [1.82, 2.24) is 29.5 Å². The number of likely N-dealkylation sites (tertiary alicyclic amines) is 1. The maximum atomic E-state index is 13.8. The van der Waals surface area contributed by atoms with E-state index in [4.69, 9.17) is 0 Å². The fourth-order valence-corrected chi connectivity index (χ4v) is 5.07. The van der Waals surface area contributed by atoms with Crippen molar-refractivity contribution >= 4 is 11.9 Å². The molecule has 8 heteroatoms. The smallest absolute Gasteiger partial charge is 0.305 e. The van der Waals surface area contributed by atoms with Crippen molar-refractivity contribution in [2.75, 3.05) is 13.1 Å². The summed E-state index contributed by atoms with van der Waals surface area (Å²) in [5.74, 6) is -0.101. The quantitative estimate of drug-likeness (QED) is 0.531. The molecule has 1 aromatic carbocycles. The first-order valence-electron chi connectivity index (χ1n) is 11.8. The van der Waals surface area contributed by atoms with Gasteiger partial charge in [-0.3, -0.25) is 24.3 Å². The van der Waals surface area contributed by atoms with E-state index >= 15 is 0 Å². The monoisotopic (exact) mass is 458 g/mol. The third kappa shape index (κ3) is 3.98. The molecule has 0 N–H and O–H groups in total. The molecule has 0 unspecified atom stereocenters. The van der Waals surface area contributed by atoms with E-state index in [0.29, 0.717) is 25.1 Å². The highest BCUT2D eigenvalue weighted by molar-refractivity contribution is 6.07. The topological polar surface area (TPSA) is 74.6 Å². The average Bonchev–Trinajstić information content (AvgIpc) is 3.27. The molecule has 2 saturated heterocycles. The molecule has 8 nitrogen and oxygen atoms in total. The number of urea groups is 1. The standard InChI is InChI=1S/C26H30N6O2/c1-20-22(16-28-29(20)2)18-30-14-11-26(12-15-30)24(33)31(19-23-10-6-7-13-27-23)25(34)32(26)17-21-8-4-3-5-9-21/h3-10,13,16H,11-12,14-15,17-19H2,1-2H3. The van der Waals surface area contributed by atoms with Crippen LogP contribution in [-0.4, -0.2) is 60.0 Å². The van der Waals surface area contributed by atoms with Crippen LogP contribution in [0.15, 0.2) is 60.9 Å². The average molecular weight is 459 g/mol. The molecule has 0 aliphatic carbocycles. The molecule has 0 bridgehead atoms. The summed E-state index contributed by atoms with van der Waals surface area (Å²) in [6.07, 6.45) is 4.84. The number of piperidine rings is 1. The number of rotatable bonds is 6. The first-order chi connectivity index (χ1) is 16.5. The minimum Gasteiger partial charge on any atom is -0.305 e. The number of imide groups is 1. The van der Waals surface area contributed by atoms with Crippen LogP contribution in [-0.2, 0) is 31.5 Å². The summed E-state index contributed by atoms with van der Waals surface area (Å²) in [6.45, 7) is 4.99. The molecule has 2 aliphatic rings. The molecule has 5 rings (SSSR count). The van der Waals surface area contributed by atoms with Crippen LogP contribution in [0, 0.1) is 6.92 Å².